The molecule has 0 bridgehead atoms. The fourth-order valence-corrected chi connectivity index (χ4v) is 12.0. The summed E-state index contributed by atoms with van der Waals surface area (Å²) in [5.41, 5.74) is 19.9. The number of thiophene rings is 1. The fourth-order valence-electron chi connectivity index (χ4n) is 11.0. The van der Waals surface area contributed by atoms with Crippen LogP contribution in [0.1, 0.15) is 22.3 Å². The van der Waals surface area contributed by atoms with Gasteiger partial charge in [-0.05, 0) is 151 Å². The average Bonchev–Trinajstić information content (AvgIpc) is 3.95. The minimum absolute atomic E-state index is 0.608. The van der Waals surface area contributed by atoms with Crippen LogP contribution in [0.15, 0.2) is 273 Å². The Morgan fingerprint density at radius 1 is 0.261 bits per heavy atom. The maximum atomic E-state index is 2.52. The van der Waals surface area contributed by atoms with Crippen LogP contribution in [0.4, 0.5) is 17.1 Å². The second kappa shape index (κ2) is 16.9. The number of nitrogens with zero attached hydrogens (tertiary/aromatic N) is 1. The lowest BCUT2D eigenvalue weighted by Gasteiger charge is -2.35. The quantitative estimate of drug-likeness (QED) is 0.140. The monoisotopic (exact) mass is 895 g/mol. The van der Waals surface area contributed by atoms with Crippen LogP contribution >= 0.6 is 11.3 Å². The number of rotatable bonds is 9. The van der Waals surface area contributed by atoms with Crippen molar-refractivity contribution in [2.75, 3.05) is 4.90 Å². The molecule has 1 heterocycles. The third-order valence-electron chi connectivity index (χ3n) is 14.1. The van der Waals surface area contributed by atoms with Gasteiger partial charge < -0.3 is 4.90 Å². The van der Waals surface area contributed by atoms with Crippen molar-refractivity contribution in [3.8, 4) is 55.6 Å². The van der Waals surface area contributed by atoms with Gasteiger partial charge in [0.15, 0.2) is 0 Å². The zero-order chi connectivity index (χ0) is 45.7. The lowest BCUT2D eigenvalue weighted by Crippen LogP contribution is -2.28. The Morgan fingerprint density at radius 2 is 0.667 bits per heavy atom. The number of benzene rings is 11. The van der Waals surface area contributed by atoms with E-state index in [1.165, 1.54) is 98.1 Å². The van der Waals surface area contributed by atoms with E-state index in [4.69, 9.17) is 0 Å². The molecule has 324 valence electrons. The maximum absolute atomic E-state index is 2.52. The number of anilines is 3. The lowest BCUT2D eigenvalue weighted by atomic mass is 9.66. The van der Waals surface area contributed by atoms with E-state index in [9.17, 15) is 0 Å². The van der Waals surface area contributed by atoms with E-state index in [1.807, 2.05) is 11.3 Å². The Bertz CT molecular complexity index is 3650. The average molecular weight is 896 g/mol. The van der Waals surface area contributed by atoms with Gasteiger partial charge in [-0.3, -0.25) is 0 Å². The molecule has 0 saturated carbocycles. The Hall–Kier alpha value is -8.56. The van der Waals surface area contributed by atoms with Gasteiger partial charge in [0.05, 0.1) is 5.41 Å². The molecule has 11 aromatic carbocycles. The smallest absolute Gasteiger partial charge is 0.0714 e. The summed E-state index contributed by atoms with van der Waals surface area (Å²) in [5, 5.41) is 2.50. The molecule has 0 saturated heterocycles. The molecule has 69 heavy (non-hydrogen) atoms. The van der Waals surface area contributed by atoms with Crippen LogP contribution in [0.5, 0.6) is 0 Å². The minimum Gasteiger partial charge on any atom is -0.310 e. The van der Waals surface area contributed by atoms with E-state index in [0.717, 1.165) is 17.1 Å². The number of hydrogen-bond donors (Lipinski definition) is 0. The molecule has 1 aliphatic carbocycles. The molecule has 1 aromatic heterocycles. The molecule has 2 heteroatoms. The second-order valence-electron chi connectivity index (χ2n) is 18.0. The van der Waals surface area contributed by atoms with Crippen molar-refractivity contribution >= 4 is 48.6 Å². The first kappa shape index (κ1) is 40.7. The van der Waals surface area contributed by atoms with Crippen molar-refractivity contribution in [3.63, 3.8) is 0 Å². The fraction of sp³-hybridized carbons (Fsp3) is 0.0149. The van der Waals surface area contributed by atoms with Gasteiger partial charge in [-0.25, -0.2) is 0 Å². The minimum atomic E-state index is -0.608. The molecular formula is C67H45NS. The van der Waals surface area contributed by atoms with Gasteiger partial charge in [0.1, 0.15) is 0 Å². The van der Waals surface area contributed by atoms with Crippen molar-refractivity contribution < 1.29 is 0 Å². The van der Waals surface area contributed by atoms with E-state index in [2.05, 4.69) is 278 Å². The maximum Gasteiger partial charge on any atom is 0.0714 e. The molecule has 0 aliphatic heterocycles. The predicted molar refractivity (Wildman–Crippen MR) is 293 cm³/mol. The van der Waals surface area contributed by atoms with Crippen LogP contribution in [0.2, 0.25) is 0 Å². The Kier molecular flexibility index (Phi) is 10.00. The van der Waals surface area contributed by atoms with Crippen molar-refractivity contribution in [1.82, 2.24) is 0 Å². The third kappa shape index (κ3) is 7.00. The van der Waals surface area contributed by atoms with Gasteiger partial charge in [-0.2, -0.15) is 0 Å². The van der Waals surface area contributed by atoms with E-state index >= 15 is 0 Å². The zero-order valence-corrected chi connectivity index (χ0v) is 38.7. The van der Waals surface area contributed by atoms with Gasteiger partial charge in [-0.15, -0.1) is 11.3 Å². The standard InChI is InChI=1S/C67H45NS/c1-5-19-46(20-6-1)50-27-17-29-56(42-50)68(57-30-18-28-51(43-57)47-21-7-2-8-22-47)58-36-38-66-62(45-58)61-44-54(35-37-65(61)69-66)67(63-33-15-13-31-59(63)60-32-14-16-34-64(60)67)55-40-52(48-23-9-3-10-24-48)39-53(41-55)49-25-11-4-12-26-49/h1-45H. The molecule has 0 radical (unpaired) electrons. The summed E-state index contributed by atoms with van der Waals surface area (Å²) < 4.78 is 2.54. The lowest BCUT2D eigenvalue weighted by molar-refractivity contribution is 0.771. The van der Waals surface area contributed by atoms with Gasteiger partial charge in [0.2, 0.25) is 0 Å². The topological polar surface area (TPSA) is 3.24 Å². The molecular weight excluding hydrogens is 851 g/mol. The van der Waals surface area contributed by atoms with Gasteiger partial charge in [0.25, 0.3) is 0 Å². The SMILES string of the molecule is c1ccc(-c2cccc(N(c3cccc(-c4ccccc4)c3)c3ccc4sc5ccc(C6(c7cc(-c8ccccc8)cc(-c8ccccc8)c7)c7ccccc7-c7ccccc76)cc5c4c3)c2)cc1. The first-order valence-electron chi connectivity index (χ1n) is 23.7. The summed E-state index contributed by atoms with van der Waals surface area (Å²) in [6.07, 6.45) is 0. The molecule has 0 atom stereocenters. The van der Waals surface area contributed by atoms with Crippen molar-refractivity contribution in [1.29, 1.82) is 0 Å². The van der Waals surface area contributed by atoms with Crippen LogP contribution in [-0.2, 0) is 5.41 Å². The normalized spacial score (nSPS) is 12.5. The number of hydrogen-bond acceptors (Lipinski definition) is 2. The molecule has 0 N–H and O–H groups in total. The van der Waals surface area contributed by atoms with Crippen molar-refractivity contribution in [3.05, 3.63) is 295 Å². The Morgan fingerprint density at radius 3 is 1.17 bits per heavy atom. The third-order valence-corrected chi connectivity index (χ3v) is 15.3. The molecule has 0 amide bonds. The molecule has 0 spiro atoms. The highest BCUT2D eigenvalue weighted by atomic mass is 32.1. The molecule has 1 nitrogen and oxygen atoms in total. The first-order valence-corrected chi connectivity index (χ1v) is 24.5. The molecule has 13 rings (SSSR count). The highest BCUT2D eigenvalue weighted by Crippen LogP contribution is 2.57. The predicted octanol–water partition coefficient (Wildman–Crippen LogP) is 18.6. The summed E-state index contributed by atoms with van der Waals surface area (Å²) in [5.74, 6) is 0. The Labute approximate surface area is 407 Å². The first-order chi connectivity index (χ1) is 34.2. The van der Waals surface area contributed by atoms with Crippen molar-refractivity contribution in [2.24, 2.45) is 0 Å². The number of fused-ring (bicyclic) bond motifs is 6. The Balaban J connectivity index is 1.05. The van der Waals surface area contributed by atoms with Crippen molar-refractivity contribution in [2.45, 2.75) is 5.41 Å². The van der Waals surface area contributed by atoms with Crippen LogP contribution in [0.3, 0.4) is 0 Å². The summed E-state index contributed by atoms with van der Waals surface area (Å²) in [7, 11) is 0. The highest BCUT2D eigenvalue weighted by Gasteiger charge is 2.46. The summed E-state index contributed by atoms with van der Waals surface area (Å²) in [6.45, 7) is 0. The van der Waals surface area contributed by atoms with Gasteiger partial charge >= 0.3 is 0 Å². The van der Waals surface area contributed by atoms with E-state index in [0.29, 0.717) is 0 Å². The van der Waals surface area contributed by atoms with E-state index < -0.39 is 5.41 Å². The highest BCUT2D eigenvalue weighted by molar-refractivity contribution is 7.25. The van der Waals surface area contributed by atoms with Crippen LogP contribution in [0, 0.1) is 0 Å². The van der Waals surface area contributed by atoms with Gasteiger partial charge in [-0.1, -0.05) is 200 Å². The van der Waals surface area contributed by atoms with E-state index in [-0.39, 0.29) is 0 Å². The molecule has 0 fully saturated rings. The zero-order valence-electron chi connectivity index (χ0n) is 37.8. The van der Waals surface area contributed by atoms with Crippen LogP contribution in [-0.4, -0.2) is 0 Å². The molecule has 1 aliphatic rings. The second-order valence-corrected chi connectivity index (χ2v) is 19.1. The van der Waals surface area contributed by atoms with Crippen LogP contribution < -0.4 is 4.90 Å². The van der Waals surface area contributed by atoms with E-state index in [1.54, 1.807) is 0 Å². The summed E-state index contributed by atoms with van der Waals surface area (Å²) >= 11 is 1.87. The molecule has 0 unspecified atom stereocenters. The van der Waals surface area contributed by atoms with Crippen LogP contribution in [0.25, 0.3) is 75.8 Å². The molecule has 12 aromatic rings. The summed E-state index contributed by atoms with van der Waals surface area (Å²) in [4.78, 5) is 2.43. The summed E-state index contributed by atoms with van der Waals surface area (Å²) in [6, 6.07) is 101. The van der Waals surface area contributed by atoms with Gasteiger partial charge in [0, 0.05) is 37.2 Å². The largest absolute Gasteiger partial charge is 0.310 e.